The van der Waals surface area contributed by atoms with Crippen molar-refractivity contribution in [1.82, 2.24) is 0 Å². The van der Waals surface area contributed by atoms with Gasteiger partial charge in [-0.15, -0.1) is 0 Å². The lowest BCUT2D eigenvalue weighted by atomic mass is 10.0. The third kappa shape index (κ3) is 6.50. The maximum Gasteiger partial charge on any atom is 0.322 e. The molecule has 0 aromatic carbocycles. The van der Waals surface area contributed by atoms with Gasteiger partial charge in [0.15, 0.2) is 0 Å². The summed E-state index contributed by atoms with van der Waals surface area (Å²) < 4.78 is 5.18. The van der Waals surface area contributed by atoms with E-state index in [0.717, 1.165) is 12.8 Å². The number of hydrogen-bond acceptors (Lipinski definition) is 3. The van der Waals surface area contributed by atoms with Crippen molar-refractivity contribution < 1.29 is 9.53 Å². The molecule has 0 fully saturated rings. The van der Waals surface area contributed by atoms with E-state index in [4.69, 9.17) is 10.5 Å². The highest BCUT2D eigenvalue weighted by molar-refractivity contribution is 5.75. The van der Waals surface area contributed by atoms with Gasteiger partial charge in [-0.1, -0.05) is 40.0 Å². The minimum absolute atomic E-state index is 0.257. The fourth-order valence-corrected chi connectivity index (χ4v) is 1.37. The van der Waals surface area contributed by atoms with Gasteiger partial charge >= 0.3 is 5.97 Å². The minimum atomic E-state index is -0.450. The lowest BCUT2D eigenvalue weighted by Gasteiger charge is -2.16. The van der Waals surface area contributed by atoms with Gasteiger partial charge in [0.1, 0.15) is 6.04 Å². The average Bonchev–Trinajstić information content (AvgIpc) is 2.27. The average molecular weight is 215 g/mol. The molecule has 0 aromatic rings. The first-order valence-corrected chi connectivity index (χ1v) is 6.07. The molecule has 3 nitrogen and oxygen atoms in total. The smallest absolute Gasteiger partial charge is 0.322 e. The van der Waals surface area contributed by atoms with Crippen LogP contribution in [0.2, 0.25) is 0 Å². The molecule has 0 amide bonds. The fraction of sp³-hybridized carbons (Fsp3) is 0.917. The van der Waals surface area contributed by atoms with Crippen LogP contribution in [0, 0.1) is 5.92 Å². The number of carbonyl (C=O) groups is 1. The minimum Gasteiger partial charge on any atom is -0.464 e. The quantitative estimate of drug-likeness (QED) is 0.633. The van der Waals surface area contributed by atoms with Crippen molar-refractivity contribution in [3.8, 4) is 0 Å². The maximum absolute atomic E-state index is 11.3. The van der Waals surface area contributed by atoms with E-state index in [1.165, 1.54) is 12.8 Å². The monoisotopic (exact) mass is 215 g/mol. The molecule has 0 saturated carbocycles. The third-order valence-electron chi connectivity index (χ3n) is 2.75. The molecule has 0 spiro atoms. The number of ether oxygens (including phenoxy) is 1. The molecule has 0 rings (SSSR count). The number of hydrogen-bond donors (Lipinski definition) is 1. The predicted molar refractivity (Wildman–Crippen MR) is 62.5 cm³/mol. The largest absolute Gasteiger partial charge is 0.464 e. The maximum atomic E-state index is 11.3. The highest BCUT2D eigenvalue weighted by Crippen LogP contribution is 2.13. The molecule has 15 heavy (non-hydrogen) atoms. The van der Waals surface area contributed by atoms with Gasteiger partial charge < -0.3 is 10.5 Å². The molecule has 0 aliphatic rings. The molecular formula is C12H25NO2. The van der Waals surface area contributed by atoms with Gasteiger partial charge in [-0.05, 0) is 18.8 Å². The number of carbonyl (C=O) groups excluding carboxylic acids is 1. The Kier molecular flexibility index (Phi) is 8.38. The van der Waals surface area contributed by atoms with Crippen LogP contribution in [0.3, 0.4) is 0 Å². The predicted octanol–water partition coefficient (Wildman–Crippen LogP) is 2.48. The van der Waals surface area contributed by atoms with E-state index in [0.29, 0.717) is 18.9 Å². The molecule has 0 bridgehead atoms. The van der Waals surface area contributed by atoms with Gasteiger partial charge in [-0.3, -0.25) is 4.79 Å². The van der Waals surface area contributed by atoms with Gasteiger partial charge in [0.25, 0.3) is 0 Å². The van der Waals surface area contributed by atoms with E-state index in [9.17, 15) is 4.79 Å². The van der Waals surface area contributed by atoms with E-state index in [1.54, 1.807) is 0 Å². The Labute approximate surface area is 93.4 Å². The summed E-state index contributed by atoms with van der Waals surface area (Å²) in [6, 6.07) is -0.450. The van der Waals surface area contributed by atoms with Crippen molar-refractivity contribution in [2.75, 3.05) is 6.61 Å². The second-order valence-corrected chi connectivity index (χ2v) is 4.06. The second kappa shape index (κ2) is 8.72. The van der Waals surface area contributed by atoms with Crippen LogP contribution in [0.15, 0.2) is 0 Å². The Morgan fingerprint density at radius 1 is 1.27 bits per heavy atom. The van der Waals surface area contributed by atoms with Crippen LogP contribution in [0.25, 0.3) is 0 Å². The van der Waals surface area contributed by atoms with E-state index in [2.05, 4.69) is 13.8 Å². The van der Waals surface area contributed by atoms with Gasteiger partial charge in [-0.25, -0.2) is 0 Å². The Balaban J connectivity index is 3.74. The first-order valence-electron chi connectivity index (χ1n) is 6.07. The number of rotatable bonds is 8. The van der Waals surface area contributed by atoms with Gasteiger partial charge in [0.2, 0.25) is 0 Å². The molecule has 0 aliphatic carbocycles. The highest BCUT2D eigenvalue weighted by atomic mass is 16.5. The molecule has 0 heterocycles. The van der Waals surface area contributed by atoms with Gasteiger partial charge in [0, 0.05) is 0 Å². The lowest BCUT2D eigenvalue weighted by Crippen LogP contribution is -2.32. The van der Waals surface area contributed by atoms with Crippen LogP contribution in [-0.4, -0.2) is 18.6 Å². The van der Waals surface area contributed by atoms with Crippen LogP contribution in [-0.2, 0) is 9.53 Å². The summed E-state index contributed by atoms with van der Waals surface area (Å²) >= 11 is 0. The zero-order valence-electron chi connectivity index (χ0n) is 10.3. The topological polar surface area (TPSA) is 52.3 Å². The van der Waals surface area contributed by atoms with E-state index < -0.39 is 6.04 Å². The van der Waals surface area contributed by atoms with Crippen LogP contribution in [0.4, 0.5) is 0 Å². The number of nitrogens with two attached hydrogens (primary N) is 1. The summed E-state index contributed by atoms with van der Waals surface area (Å²) in [5.41, 5.74) is 5.57. The van der Waals surface area contributed by atoms with Crippen LogP contribution < -0.4 is 5.73 Å². The fourth-order valence-electron chi connectivity index (χ4n) is 1.37. The number of esters is 1. The molecule has 90 valence electrons. The SMILES string of the molecule is CCCCC(CC)COC(=O)[C@@H](N)CC. The Morgan fingerprint density at radius 2 is 1.93 bits per heavy atom. The zero-order valence-corrected chi connectivity index (χ0v) is 10.3. The normalized spacial score (nSPS) is 14.7. The molecule has 0 radical (unpaired) electrons. The zero-order chi connectivity index (χ0) is 11.7. The van der Waals surface area contributed by atoms with Crippen molar-refractivity contribution >= 4 is 5.97 Å². The van der Waals surface area contributed by atoms with Gasteiger partial charge in [0.05, 0.1) is 6.61 Å². The van der Waals surface area contributed by atoms with Crippen LogP contribution in [0.1, 0.15) is 52.9 Å². The molecule has 1 unspecified atom stereocenters. The van der Waals surface area contributed by atoms with Crippen molar-refractivity contribution in [3.05, 3.63) is 0 Å². The third-order valence-corrected chi connectivity index (χ3v) is 2.75. The standard InChI is InChI=1S/C12H25NO2/c1-4-7-8-10(5-2)9-15-12(14)11(13)6-3/h10-11H,4-9,13H2,1-3H3/t10?,11-/m0/s1. The van der Waals surface area contributed by atoms with Crippen LogP contribution in [0.5, 0.6) is 0 Å². The Hall–Kier alpha value is -0.570. The second-order valence-electron chi connectivity index (χ2n) is 4.06. The summed E-state index contributed by atoms with van der Waals surface area (Å²) in [5, 5.41) is 0. The Bertz CT molecular complexity index is 171. The highest BCUT2D eigenvalue weighted by Gasteiger charge is 2.14. The molecule has 2 atom stereocenters. The molecule has 2 N–H and O–H groups in total. The number of unbranched alkanes of at least 4 members (excludes halogenated alkanes) is 1. The molecule has 0 aromatic heterocycles. The molecular weight excluding hydrogens is 190 g/mol. The van der Waals surface area contributed by atoms with E-state index in [1.807, 2.05) is 6.92 Å². The summed E-state index contributed by atoms with van der Waals surface area (Å²) in [5.74, 6) is 0.241. The molecule has 0 aliphatic heterocycles. The van der Waals surface area contributed by atoms with Crippen molar-refractivity contribution in [1.29, 1.82) is 0 Å². The van der Waals surface area contributed by atoms with Crippen molar-refractivity contribution in [2.24, 2.45) is 11.7 Å². The summed E-state index contributed by atoms with van der Waals surface area (Å²) in [7, 11) is 0. The van der Waals surface area contributed by atoms with E-state index >= 15 is 0 Å². The molecule has 0 saturated heterocycles. The summed E-state index contributed by atoms with van der Waals surface area (Å²) in [6.45, 7) is 6.73. The molecule has 3 heteroatoms. The first-order chi connectivity index (χ1) is 7.15. The first kappa shape index (κ1) is 14.4. The van der Waals surface area contributed by atoms with Crippen LogP contribution >= 0.6 is 0 Å². The van der Waals surface area contributed by atoms with Crippen molar-refractivity contribution in [2.45, 2.75) is 58.9 Å². The Morgan fingerprint density at radius 3 is 2.40 bits per heavy atom. The van der Waals surface area contributed by atoms with Gasteiger partial charge in [-0.2, -0.15) is 0 Å². The van der Waals surface area contributed by atoms with E-state index in [-0.39, 0.29) is 5.97 Å². The summed E-state index contributed by atoms with van der Waals surface area (Å²) in [4.78, 5) is 11.3. The summed E-state index contributed by atoms with van der Waals surface area (Å²) in [6.07, 6.45) is 5.25. The van der Waals surface area contributed by atoms with Crippen molar-refractivity contribution in [3.63, 3.8) is 0 Å². The lowest BCUT2D eigenvalue weighted by molar-refractivity contribution is -0.146.